The van der Waals surface area contributed by atoms with Crippen molar-refractivity contribution in [3.05, 3.63) is 10.6 Å². The maximum absolute atomic E-state index is 12.4. The Labute approximate surface area is 169 Å². The van der Waals surface area contributed by atoms with E-state index in [0.29, 0.717) is 11.2 Å². The van der Waals surface area contributed by atoms with Gasteiger partial charge in [0, 0.05) is 48.0 Å². The number of aliphatic hydroxyl groups excluding tert-OH is 1. The van der Waals surface area contributed by atoms with Gasteiger partial charge in [0.2, 0.25) is 5.91 Å². The molecule has 0 aliphatic carbocycles. The molecule has 154 valence electrons. The molecule has 0 spiro atoms. The minimum absolute atomic E-state index is 0.0434. The second kappa shape index (κ2) is 7.46. The lowest BCUT2D eigenvalue weighted by molar-refractivity contribution is -0.163. The van der Waals surface area contributed by atoms with Crippen molar-refractivity contribution in [3.63, 3.8) is 0 Å². The SMILES string of the molecule is CC1=NCC(CN2CC(SC3=C(C(=O)O)N4C(=O)[C@H]([C@@H](C)O)[C@H]4[C@H]3C)C2)CC1. The van der Waals surface area contributed by atoms with Gasteiger partial charge in [0.1, 0.15) is 5.70 Å². The van der Waals surface area contributed by atoms with Gasteiger partial charge < -0.3 is 20.0 Å². The Hall–Kier alpha value is -1.38. The molecule has 1 unspecified atom stereocenters. The largest absolute Gasteiger partial charge is 0.477 e. The van der Waals surface area contributed by atoms with Crippen molar-refractivity contribution in [2.75, 3.05) is 26.2 Å². The Morgan fingerprint density at radius 3 is 2.68 bits per heavy atom. The molecule has 2 N–H and O–H groups in total. The number of carbonyl (C=O) groups excluding carboxylic acids is 1. The van der Waals surface area contributed by atoms with Crippen LogP contribution in [0.3, 0.4) is 0 Å². The zero-order valence-electron chi connectivity index (χ0n) is 16.7. The van der Waals surface area contributed by atoms with Gasteiger partial charge in [-0.1, -0.05) is 6.92 Å². The molecule has 4 heterocycles. The average molecular weight is 408 g/mol. The van der Waals surface area contributed by atoms with Gasteiger partial charge in [-0.15, -0.1) is 11.8 Å². The molecule has 4 aliphatic rings. The van der Waals surface area contributed by atoms with E-state index in [9.17, 15) is 19.8 Å². The third-order valence-electron chi connectivity index (χ3n) is 6.58. The number of thioether (sulfide) groups is 1. The minimum Gasteiger partial charge on any atom is -0.477 e. The van der Waals surface area contributed by atoms with Gasteiger partial charge in [-0.25, -0.2) is 4.79 Å². The van der Waals surface area contributed by atoms with Crippen molar-refractivity contribution in [3.8, 4) is 0 Å². The molecule has 7 nitrogen and oxygen atoms in total. The molecule has 4 aliphatic heterocycles. The topological polar surface area (TPSA) is 93.4 Å². The summed E-state index contributed by atoms with van der Waals surface area (Å²) in [7, 11) is 0. The van der Waals surface area contributed by atoms with Crippen LogP contribution in [0.15, 0.2) is 15.6 Å². The lowest BCUT2D eigenvalue weighted by Gasteiger charge is -2.46. The Bertz CT molecular complexity index is 744. The third-order valence-corrected chi connectivity index (χ3v) is 8.03. The van der Waals surface area contributed by atoms with E-state index in [1.807, 2.05) is 6.92 Å². The van der Waals surface area contributed by atoms with Crippen LogP contribution in [0.4, 0.5) is 0 Å². The lowest BCUT2D eigenvalue weighted by Crippen LogP contribution is -2.63. The van der Waals surface area contributed by atoms with Crippen molar-refractivity contribution in [2.24, 2.45) is 22.7 Å². The number of fused-ring (bicyclic) bond motifs is 1. The van der Waals surface area contributed by atoms with Gasteiger partial charge in [-0.05, 0) is 32.6 Å². The highest BCUT2D eigenvalue weighted by molar-refractivity contribution is 8.03. The Balaban J connectivity index is 1.37. The van der Waals surface area contributed by atoms with Crippen molar-refractivity contribution in [1.29, 1.82) is 0 Å². The summed E-state index contributed by atoms with van der Waals surface area (Å²) in [5.41, 5.74) is 1.39. The fraction of sp³-hybridized carbons (Fsp3) is 0.750. The highest BCUT2D eigenvalue weighted by Crippen LogP contribution is 2.51. The van der Waals surface area contributed by atoms with Gasteiger partial charge >= 0.3 is 5.97 Å². The van der Waals surface area contributed by atoms with Crippen LogP contribution >= 0.6 is 11.8 Å². The predicted octanol–water partition coefficient (Wildman–Crippen LogP) is 1.43. The van der Waals surface area contributed by atoms with Crippen molar-refractivity contribution in [2.45, 2.75) is 51.0 Å². The van der Waals surface area contributed by atoms with Crippen molar-refractivity contribution >= 4 is 29.4 Å². The van der Waals surface area contributed by atoms with Crippen LogP contribution in [0.2, 0.25) is 0 Å². The maximum atomic E-state index is 12.4. The molecule has 0 aromatic rings. The van der Waals surface area contributed by atoms with E-state index in [0.717, 1.165) is 37.5 Å². The number of β-lactam (4-membered cyclic amide) rings is 1. The second-order valence-corrected chi connectivity index (χ2v) is 10.1. The summed E-state index contributed by atoms with van der Waals surface area (Å²) >= 11 is 1.62. The zero-order chi connectivity index (χ0) is 20.2. The molecule has 8 heteroatoms. The second-order valence-electron chi connectivity index (χ2n) is 8.71. The van der Waals surface area contributed by atoms with Crippen LogP contribution in [0.25, 0.3) is 0 Å². The first-order valence-corrected chi connectivity index (χ1v) is 11.0. The van der Waals surface area contributed by atoms with Crippen molar-refractivity contribution < 1.29 is 19.8 Å². The number of carboxylic acid groups (broad SMARTS) is 1. The van der Waals surface area contributed by atoms with Gasteiger partial charge in [0.15, 0.2) is 0 Å². The quantitative estimate of drug-likeness (QED) is 0.647. The standard InChI is InChI=1S/C20H29N3O4S/c1-10-4-5-13(6-21-10)7-22-8-14(9-22)28-18-11(2)16-15(12(3)24)19(25)23(16)17(18)20(26)27/h11-16,24H,4-9H2,1-3H3,(H,26,27)/t11-,12-,13?,15-,16-/m1/s1. The zero-order valence-corrected chi connectivity index (χ0v) is 17.5. The normalized spacial score (nSPS) is 34.6. The van der Waals surface area contributed by atoms with E-state index in [-0.39, 0.29) is 23.6 Å². The summed E-state index contributed by atoms with van der Waals surface area (Å²) in [6, 6.07) is -0.222. The summed E-state index contributed by atoms with van der Waals surface area (Å²) < 4.78 is 0. The molecule has 2 fully saturated rings. The molecule has 0 saturated carbocycles. The molecular formula is C20H29N3O4S. The van der Waals surface area contributed by atoms with Crippen LogP contribution < -0.4 is 0 Å². The number of carbonyl (C=O) groups is 2. The molecular weight excluding hydrogens is 378 g/mol. The van der Waals surface area contributed by atoms with E-state index in [1.54, 1.807) is 18.7 Å². The molecule has 0 bridgehead atoms. The monoisotopic (exact) mass is 407 g/mol. The number of likely N-dealkylation sites (tertiary alicyclic amines) is 1. The van der Waals surface area contributed by atoms with E-state index in [4.69, 9.17) is 0 Å². The summed E-state index contributed by atoms with van der Waals surface area (Å²) in [5, 5.41) is 20.0. The smallest absolute Gasteiger partial charge is 0.353 e. The Kier molecular flexibility index (Phi) is 5.31. The van der Waals surface area contributed by atoms with Gasteiger partial charge in [0.05, 0.1) is 18.1 Å². The number of aliphatic imine (C=N–C) groups is 1. The first-order chi connectivity index (χ1) is 13.3. The molecule has 28 heavy (non-hydrogen) atoms. The summed E-state index contributed by atoms with van der Waals surface area (Å²) in [6.07, 6.45) is 1.55. The number of hydrogen-bond acceptors (Lipinski definition) is 6. The first-order valence-electron chi connectivity index (χ1n) is 10.2. The van der Waals surface area contributed by atoms with Crippen molar-refractivity contribution in [1.82, 2.24) is 9.80 Å². The Morgan fingerprint density at radius 2 is 2.11 bits per heavy atom. The van der Waals surface area contributed by atoms with Gasteiger partial charge in [0.25, 0.3) is 0 Å². The van der Waals surface area contributed by atoms with Crippen LogP contribution in [0, 0.1) is 17.8 Å². The number of aliphatic carboxylic acids is 1. The summed E-state index contributed by atoms with van der Waals surface area (Å²) in [4.78, 5) is 33.5. The highest BCUT2D eigenvalue weighted by atomic mass is 32.2. The molecule has 2 saturated heterocycles. The predicted molar refractivity (Wildman–Crippen MR) is 108 cm³/mol. The maximum Gasteiger partial charge on any atom is 0.353 e. The molecule has 1 amide bonds. The molecule has 0 radical (unpaired) electrons. The number of aliphatic hydroxyl groups is 1. The molecule has 4 rings (SSSR count). The van der Waals surface area contributed by atoms with E-state index in [1.165, 1.54) is 17.0 Å². The van der Waals surface area contributed by atoms with Gasteiger partial charge in [-0.3, -0.25) is 9.79 Å². The number of amides is 1. The first kappa shape index (κ1) is 19.9. The fourth-order valence-electron chi connectivity index (χ4n) is 4.99. The molecule has 0 aromatic heterocycles. The number of rotatable bonds is 6. The summed E-state index contributed by atoms with van der Waals surface area (Å²) in [5.74, 6) is -1.21. The Morgan fingerprint density at radius 1 is 1.39 bits per heavy atom. The van der Waals surface area contributed by atoms with E-state index < -0.39 is 18.0 Å². The fourth-order valence-corrected chi connectivity index (χ4v) is 6.57. The third kappa shape index (κ3) is 3.29. The van der Waals surface area contributed by atoms with Gasteiger partial charge in [-0.2, -0.15) is 0 Å². The molecule has 5 atom stereocenters. The van der Waals surface area contributed by atoms with Crippen LogP contribution in [-0.2, 0) is 9.59 Å². The summed E-state index contributed by atoms with van der Waals surface area (Å²) in [6.45, 7) is 9.57. The van der Waals surface area contributed by atoms with E-state index >= 15 is 0 Å². The van der Waals surface area contributed by atoms with Crippen LogP contribution in [0.5, 0.6) is 0 Å². The number of nitrogens with zero attached hydrogens (tertiary/aromatic N) is 3. The van der Waals surface area contributed by atoms with Crippen LogP contribution in [0.1, 0.15) is 33.6 Å². The molecule has 0 aromatic carbocycles. The highest BCUT2D eigenvalue weighted by Gasteiger charge is 2.60. The minimum atomic E-state index is -1.04. The number of carboxylic acids is 1. The van der Waals surface area contributed by atoms with E-state index in [2.05, 4.69) is 16.8 Å². The average Bonchev–Trinajstić information content (AvgIpc) is 2.83. The number of hydrogen-bond donors (Lipinski definition) is 2. The lowest BCUT2D eigenvalue weighted by atomic mass is 9.79. The van der Waals surface area contributed by atoms with Crippen LogP contribution in [-0.4, -0.2) is 81.2 Å².